The molecule has 9 rings (SSSR count). The Morgan fingerprint density at radius 3 is 2.78 bits per heavy atom. The van der Waals surface area contributed by atoms with E-state index in [0.29, 0.717) is 17.4 Å². The first-order chi connectivity index (χ1) is 17.8. The molecule has 2 N–H and O–H groups in total. The predicted molar refractivity (Wildman–Crippen MR) is 136 cm³/mol. The van der Waals surface area contributed by atoms with Crippen molar-refractivity contribution in [2.75, 3.05) is 20.2 Å². The number of benzene rings is 2. The van der Waals surface area contributed by atoms with E-state index < -0.39 is 11.2 Å². The zero-order chi connectivity index (χ0) is 25.4. The van der Waals surface area contributed by atoms with Gasteiger partial charge in [-0.25, -0.2) is 4.39 Å². The summed E-state index contributed by atoms with van der Waals surface area (Å²) in [5, 5.41) is 23.3. The van der Waals surface area contributed by atoms with Crippen LogP contribution in [-0.4, -0.2) is 53.1 Å². The average molecular weight is 506 g/mol. The zero-order valence-corrected chi connectivity index (χ0v) is 21.7. The van der Waals surface area contributed by atoms with Gasteiger partial charge in [0, 0.05) is 42.0 Å². The van der Waals surface area contributed by atoms with Crippen LogP contribution >= 0.6 is 0 Å². The molecule has 5 nitrogen and oxygen atoms in total. The maximum absolute atomic E-state index is 14.4. The van der Waals surface area contributed by atoms with E-state index in [-0.39, 0.29) is 34.4 Å². The molecular weight excluding hydrogens is 469 g/mol. The standard InChI is InChI=1S/C31H36FNO4/c1-28(35,20-4-3-5-21(32)15-20)23-16-29-10-11-31(23,36-2)27-30(29)12-13-33(17-18-6-7-18)24(29)14-19-8-9-22(34)26(37-27)25(19)30/h3-5,8-9,15,18,23-24,27,34-35H,6-7,10-14,16-17H2,1-2H3/t23-,24-,27-,28?,29-,30+,31-/m1/s1. The van der Waals surface area contributed by atoms with Gasteiger partial charge in [-0.15, -0.1) is 0 Å². The first-order valence-electron chi connectivity index (χ1n) is 14.1. The molecule has 4 bridgehead atoms. The summed E-state index contributed by atoms with van der Waals surface area (Å²) < 4.78 is 27.8. The molecule has 7 aliphatic rings. The van der Waals surface area contributed by atoms with Gasteiger partial charge >= 0.3 is 0 Å². The van der Waals surface area contributed by atoms with Gasteiger partial charge < -0.3 is 19.7 Å². The summed E-state index contributed by atoms with van der Waals surface area (Å²) >= 11 is 0. The normalized spacial score (nSPS) is 40.7. The van der Waals surface area contributed by atoms with Crippen LogP contribution in [-0.2, 0) is 22.2 Å². The van der Waals surface area contributed by atoms with Crippen LogP contribution < -0.4 is 4.74 Å². The minimum Gasteiger partial charge on any atom is -0.504 e. The number of ether oxygens (including phenoxy) is 2. The number of aromatic hydroxyl groups is 1. The molecule has 2 aromatic carbocycles. The molecule has 4 saturated carbocycles. The van der Waals surface area contributed by atoms with Crippen molar-refractivity contribution in [2.24, 2.45) is 17.3 Å². The smallest absolute Gasteiger partial charge is 0.165 e. The largest absolute Gasteiger partial charge is 0.504 e. The van der Waals surface area contributed by atoms with Gasteiger partial charge in [0.25, 0.3) is 0 Å². The summed E-state index contributed by atoms with van der Waals surface area (Å²) in [5.41, 5.74) is 0.705. The van der Waals surface area contributed by atoms with Crippen molar-refractivity contribution in [2.45, 2.75) is 80.6 Å². The lowest BCUT2D eigenvalue weighted by Crippen LogP contribution is -2.82. The summed E-state index contributed by atoms with van der Waals surface area (Å²) in [6, 6.07) is 10.7. The van der Waals surface area contributed by atoms with Gasteiger partial charge in [-0.2, -0.15) is 0 Å². The van der Waals surface area contributed by atoms with Crippen LogP contribution in [0.2, 0.25) is 0 Å². The monoisotopic (exact) mass is 505 g/mol. The number of hydrogen-bond acceptors (Lipinski definition) is 5. The molecule has 0 radical (unpaired) electrons. The third-order valence-electron chi connectivity index (χ3n) is 11.7. The third-order valence-corrected chi connectivity index (χ3v) is 11.7. The van der Waals surface area contributed by atoms with Crippen molar-refractivity contribution in [3.63, 3.8) is 0 Å². The quantitative estimate of drug-likeness (QED) is 0.619. The molecule has 1 unspecified atom stereocenters. The minimum absolute atomic E-state index is 0.0981. The Labute approximate surface area is 217 Å². The first-order valence-corrected chi connectivity index (χ1v) is 14.1. The van der Waals surface area contributed by atoms with Crippen LogP contribution in [0, 0.1) is 23.1 Å². The number of fused-ring (bicyclic) bond motifs is 2. The molecule has 37 heavy (non-hydrogen) atoms. The fraction of sp³-hybridized carbons (Fsp3) is 0.613. The number of likely N-dealkylation sites (tertiary alicyclic amines) is 1. The summed E-state index contributed by atoms with van der Waals surface area (Å²) in [6.45, 7) is 4.01. The number of phenolic OH excluding ortho intramolecular Hbond substituents is 1. The van der Waals surface area contributed by atoms with E-state index >= 15 is 0 Å². The minimum atomic E-state index is -1.30. The van der Waals surface area contributed by atoms with Crippen LogP contribution in [0.4, 0.5) is 4.39 Å². The molecule has 2 spiro atoms. The summed E-state index contributed by atoms with van der Waals surface area (Å²) in [4.78, 5) is 2.76. The van der Waals surface area contributed by atoms with E-state index in [2.05, 4.69) is 11.0 Å². The summed E-state index contributed by atoms with van der Waals surface area (Å²) in [7, 11) is 1.75. The maximum atomic E-state index is 14.4. The topological polar surface area (TPSA) is 62.2 Å². The van der Waals surface area contributed by atoms with Gasteiger partial charge in [0.05, 0.1) is 5.60 Å². The highest BCUT2D eigenvalue weighted by Gasteiger charge is 2.82. The highest BCUT2D eigenvalue weighted by molar-refractivity contribution is 5.63. The summed E-state index contributed by atoms with van der Waals surface area (Å²) in [6.07, 6.45) is 6.86. The number of halogens is 1. The van der Waals surface area contributed by atoms with E-state index in [1.54, 1.807) is 19.2 Å². The van der Waals surface area contributed by atoms with E-state index in [1.165, 1.54) is 36.1 Å². The highest BCUT2D eigenvalue weighted by atomic mass is 19.1. The van der Waals surface area contributed by atoms with Crippen LogP contribution in [0.15, 0.2) is 36.4 Å². The second-order valence-electron chi connectivity index (χ2n) is 13.1. The van der Waals surface area contributed by atoms with Crippen LogP contribution in [0.5, 0.6) is 11.5 Å². The molecule has 1 saturated heterocycles. The lowest BCUT2D eigenvalue weighted by molar-refractivity contribution is -0.304. The number of methoxy groups -OCH3 is 1. The molecule has 0 amide bonds. The van der Waals surface area contributed by atoms with Crippen LogP contribution in [0.1, 0.15) is 62.1 Å². The Morgan fingerprint density at radius 2 is 2.03 bits per heavy atom. The Kier molecular flexibility index (Phi) is 4.36. The van der Waals surface area contributed by atoms with Crippen molar-refractivity contribution in [1.82, 2.24) is 4.90 Å². The van der Waals surface area contributed by atoms with Crippen molar-refractivity contribution in [1.29, 1.82) is 0 Å². The Morgan fingerprint density at radius 1 is 1.19 bits per heavy atom. The van der Waals surface area contributed by atoms with Crippen molar-refractivity contribution in [3.05, 3.63) is 58.9 Å². The molecule has 0 aromatic heterocycles. The second-order valence-corrected chi connectivity index (χ2v) is 13.1. The number of rotatable bonds is 5. The van der Waals surface area contributed by atoms with Gasteiger partial charge in [-0.3, -0.25) is 4.90 Å². The zero-order valence-electron chi connectivity index (χ0n) is 21.7. The van der Waals surface area contributed by atoms with Gasteiger partial charge in [-0.1, -0.05) is 18.2 Å². The van der Waals surface area contributed by atoms with E-state index in [1.807, 2.05) is 13.0 Å². The Balaban J connectivity index is 1.35. The number of hydrogen-bond donors (Lipinski definition) is 2. The average Bonchev–Trinajstić information content (AvgIpc) is 3.63. The van der Waals surface area contributed by atoms with E-state index in [9.17, 15) is 14.6 Å². The SMILES string of the molecule is CO[C@]12CC[C@@]3(C[C@@H]1C(C)(O)c1cccc(F)c1)[C@H]1Cc4ccc(O)c5c4[C@@]3(CCN1CC1CC1)[C@H]2O5. The van der Waals surface area contributed by atoms with Crippen LogP contribution in [0.3, 0.4) is 0 Å². The number of nitrogens with zero attached hydrogens (tertiary/aromatic N) is 1. The van der Waals surface area contributed by atoms with Gasteiger partial charge in [-0.05, 0) is 93.7 Å². The molecule has 7 atom stereocenters. The van der Waals surface area contributed by atoms with Crippen molar-refractivity contribution < 1.29 is 24.1 Å². The third kappa shape index (κ3) is 2.56. The number of aliphatic hydroxyl groups is 1. The fourth-order valence-corrected chi connectivity index (χ4v) is 10.1. The molecular formula is C31H36FNO4. The predicted octanol–water partition coefficient (Wildman–Crippen LogP) is 4.66. The summed E-state index contributed by atoms with van der Waals surface area (Å²) in [5.74, 6) is 1.02. The molecule has 2 aromatic rings. The van der Waals surface area contributed by atoms with Crippen molar-refractivity contribution >= 4 is 0 Å². The molecule has 196 valence electrons. The number of piperidine rings is 1. The lowest BCUT2D eigenvalue weighted by Gasteiger charge is -2.75. The Hall–Kier alpha value is -2.15. The number of phenols is 1. The second kappa shape index (κ2) is 7.08. The van der Waals surface area contributed by atoms with Crippen molar-refractivity contribution in [3.8, 4) is 11.5 Å². The Bertz CT molecular complexity index is 1310. The fourth-order valence-electron chi connectivity index (χ4n) is 10.1. The van der Waals surface area contributed by atoms with Gasteiger partial charge in [0.1, 0.15) is 17.5 Å². The maximum Gasteiger partial charge on any atom is 0.165 e. The van der Waals surface area contributed by atoms with E-state index in [4.69, 9.17) is 9.47 Å². The molecule has 6 heteroatoms. The van der Waals surface area contributed by atoms with Gasteiger partial charge in [0.2, 0.25) is 0 Å². The lowest BCUT2D eigenvalue weighted by atomic mass is 9.33. The molecule has 2 heterocycles. The first kappa shape index (κ1) is 22.8. The molecule has 2 aliphatic heterocycles. The molecule has 5 fully saturated rings. The van der Waals surface area contributed by atoms with Crippen LogP contribution in [0.25, 0.3) is 0 Å². The van der Waals surface area contributed by atoms with Gasteiger partial charge in [0.15, 0.2) is 11.5 Å². The van der Waals surface area contributed by atoms with E-state index in [0.717, 1.165) is 51.1 Å². The molecule has 5 aliphatic carbocycles. The highest BCUT2D eigenvalue weighted by Crippen LogP contribution is 2.78.